The van der Waals surface area contributed by atoms with Gasteiger partial charge in [0, 0.05) is 31.7 Å². The van der Waals surface area contributed by atoms with Gasteiger partial charge in [-0.2, -0.15) is 4.31 Å². The predicted octanol–water partition coefficient (Wildman–Crippen LogP) is 1.58. The standard InChI is InChI=1S/C16H18FN3O4S/c1-11-15(12(2)24-18-11)25(22,23)20-8-6-19(7-9-20)16(21)13-4-3-5-14(17)10-13/h3-5,10H,6-9H2,1-2H3. The molecule has 0 atom stereocenters. The van der Waals surface area contributed by atoms with Gasteiger partial charge >= 0.3 is 0 Å². The first-order valence-electron chi connectivity index (χ1n) is 7.78. The van der Waals surface area contributed by atoms with Crippen LogP contribution in [0.5, 0.6) is 0 Å². The molecule has 0 bridgehead atoms. The summed E-state index contributed by atoms with van der Waals surface area (Å²) in [6.45, 7) is 3.92. The summed E-state index contributed by atoms with van der Waals surface area (Å²) in [6.07, 6.45) is 0. The van der Waals surface area contributed by atoms with Crippen molar-refractivity contribution in [3.8, 4) is 0 Å². The van der Waals surface area contributed by atoms with E-state index in [9.17, 15) is 17.6 Å². The van der Waals surface area contributed by atoms with Crippen LogP contribution in [0.25, 0.3) is 0 Å². The van der Waals surface area contributed by atoms with Crippen molar-refractivity contribution < 1.29 is 22.1 Å². The van der Waals surface area contributed by atoms with Crippen LogP contribution < -0.4 is 0 Å². The Kier molecular flexibility index (Phi) is 4.61. The van der Waals surface area contributed by atoms with Crippen LogP contribution in [-0.4, -0.2) is 54.9 Å². The van der Waals surface area contributed by atoms with Gasteiger partial charge < -0.3 is 9.42 Å². The molecule has 1 fully saturated rings. The van der Waals surface area contributed by atoms with E-state index < -0.39 is 15.8 Å². The second-order valence-corrected chi connectivity index (χ2v) is 7.73. The maximum Gasteiger partial charge on any atom is 0.254 e. The maximum atomic E-state index is 13.3. The van der Waals surface area contributed by atoms with Gasteiger partial charge in [-0.3, -0.25) is 4.79 Å². The van der Waals surface area contributed by atoms with Crippen molar-refractivity contribution in [2.24, 2.45) is 0 Å². The summed E-state index contributed by atoms with van der Waals surface area (Å²) in [4.78, 5) is 14.0. The van der Waals surface area contributed by atoms with Gasteiger partial charge in [0.2, 0.25) is 10.0 Å². The SMILES string of the molecule is Cc1noc(C)c1S(=O)(=O)N1CCN(C(=O)c2cccc(F)c2)CC1. The van der Waals surface area contributed by atoms with E-state index in [4.69, 9.17) is 4.52 Å². The lowest BCUT2D eigenvalue weighted by atomic mass is 10.2. The van der Waals surface area contributed by atoms with Gasteiger partial charge in [-0.25, -0.2) is 12.8 Å². The summed E-state index contributed by atoms with van der Waals surface area (Å²) in [5, 5.41) is 3.69. The number of sulfonamides is 1. The summed E-state index contributed by atoms with van der Waals surface area (Å²) >= 11 is 0. The fourth-order valence-corrected chi connectivity index (χ4v) is 4.62. The third-order valence-corrected chi connectivity index (χ3v) is 6.31. The van der Waals surface area contributed by atoms with Crippen LogP contribution in [0.15, 0.2) is 33.7 Å². The van der Waals surface area contributed by atoms with E-state index in [0.717, 1.165) is 0 Å². The van der Waals surface area contributed by atoms with Crippen molar-refractivity contribution >= 4 is 15.9 Å². The van der Waals surface area contributed by atoms with Crippen LogP contribution in [0.2, 0.25) is 0 Å². The molecule has 1 aromatic carbocycles. The molecule has 7 nitrogen and oxygen atoms in total. The van der Waals surface area contributed by atoms with E-state index in [1.165, 1.54) is 27.4 Å². The molecule has 25 heavy (non-hydrogen) atoms. The Balaban J connectivity index is 1.73. The Morgan fingerprint density at radius 3 is 2.44 bits per heavy atom. The smallest absolute Gasteiger partial charge is 0.254 e. The third kappa shape index (κ3) is 3.29. The molecule has 2 aromatic rings. The fraction of sp³-hybridized carbons (Fsp3) is 0.375. The highest BCUT2D eigenvalue weighted by Gasteiger charge is 2.34. The summed E-state index contributed by atoms with van der Waals surface area (Å²) < 4.78 is 45.0. The number of hydrogen-bond acceptors (Lipinski definition) is 5. The number of carbonyl (C=O) groups excluding carboxylic acids is 1. The number of aryl methyl sites for hydroxylation is 2. The van der Waals surface area contributed by atoms with Gasteiger partial charge in [-0.05, 0) is 32.0 Å². The van der Waals surface area contributed by atoms with Gasteiger partial charge in [0.05, 0.1) is 0 Å². The van der Waals surface area contributed by atoms with E-state index in [1.54, 1.807) is 19.9 Å². The Morgan fingerprint density at radius 2 is 1.88 bits per heavy atom. The van der Waals surface area contributed by atoms with E-state index in [-0.39, 0.29) is 48.3 Å². The quantitative estimate of drug-likeness (QED) is 0.822. The highest BCUT2D eigenvalue weighted by atomic mass is 32.2. The molecule has 9 heteroatoms. The first kappa shape index (κ1) is 17.6. The molecular weight excluding hydrogens is 349 g/mol. The Labute approximate surface area is 145 Å². The van der Waals surface area contributed by atoms with Crippen LogP contribution in [0.3, 0.4) is 0 Å². The lowest BCUT2D eigenvalue weighted by Crippen LogP contribution is -2.50. The topological polar surface area (TPSA) is 83.7 Å². The highest BCUT2D eigenvalue weighted by molar-refractivity contribution is 7.89. The van der Waals surface area contributed by atoms with Gasteiger partial charge in [0.25, 0.3) is 5.91 Å². The number of nitrogens with zero attached hydrogens (tertiary/aromatic N) is 3. The minimum Gasteiger partial charge on any atom is -0.360 e. The molecule has 0 unspecified atom stereocenters. The minimum atomic E-state index is -3.72. The molecule has 1 amide bonds. The molecule has 2 heterocycles. The Bertz CT molecular complexity index is 882. The number of benzene rings is 1. The van der Waals surface area contributed by atoms with Crippen LogP contribution in [0, 0.1) is 19.7 Å². The average Bonchev–Trinajstić information content (AvgIpc) is 2.93. The van der Waals surface area contributed by atoms with E-state index in [0.29, 0.717) is 5.69 Å². The van der Waals surface area contributed by atoms with Crippen molar-refractivity contribution in [2.75, 3.05) is 26.2 Å². The summed E-state index contributed by atoms with van der Waals surface area (Å²) in [6, 6.07) is 5.46. The molecule has 0 aliphatic carbocycles. The molecule has 3 rings (SSSR count). The molecule has 0 N–H and O–H groups in total. The molecule has 0 radical (unpaired) electrons. The number of rotatable bonds is 3. The monoisotopic (exact) mass is 367 g/mol. The van der Waals surface area contributed by atoms with Crippen molar-refractivity contribution in [1.29, 1.82) is 0 Å². The highest BCUT2D eigenvalue weighted by Crippen LogP contribution is 2.24. The molecule has 1 saturated heterocycles. The fourth-order valence-electron chi connectivity index (χ4n) is 2.91. The maximum absolute atomic E-state index is 13.3. The zero-order valence-corrected chi connectivity index (χ0v) is 14.7. The number of hydrogen-bond donors (Lipinski definition) is 0. The van der Waals surface area contributed by atoms with Gasteiger partial charge in [0.1, 0.15) is 16.4 Å². The van der Waals surface area contributed by atoms with E-state index >= 15 is 0 Å². The Hall–Kier alpha value is -2.26. The summed E-state index contributed by atoms with van der Waals surface area (Å²) in [5.41, 5.74) is 0.567. The molecular formula is C16H18FN3O4S. The van der Waals surface area contributed by atoms with Crippen molar-refractivity contribution in [2.45, 2.75) is 18.7 Å². The molecule has 0 saturated carbocycles. The zero-order chi connectivity index (χ0) is 18.2. The molecule has 1 aliphatic rings. The summed E-state index contributed by atoms with van der Waals surface area (Å²) in [7, 11) is -3.72. The van der Waals surface area contributed by atoms with Crippen molar-refractivity contribution in [3.63, 3.8) is 0 Å². The predicted molar refractivity (Wildman–Crippen MR) is 87.0 cm³/mol. The van der Waals surface area contributed by atoms with Gasteiger partial charge in [-0.15, -0.1) is 0 Å². The Morgan fingerprint density at radius 1 is 1.20 bits per heavy atom. The van der Waals surface area contributed by atoms with E-state index in [2.05, 4.69) is 5.16 Å². The normalized spacial score (nSPS) is 16.2. The number of aromatic nitrogens is 1. The average molecular weight is 367 g/mol. The first-order valence-corrected chi connectivity index (χ1v) is 9.22. The summed E-state index contributed by atoms with van der Waals surface area (Å²) in [5.74, 6) is -0.546. The van der Waals surface area contributed by atoms with Crippen LogP contribution in [0.4, 0.5) is 4.39 Å². The van der Waals surface area contributed by atoms with Gasteiger partial charge in [0.15, 0.2) is 5.76 Å². The number of halogens is 1. The van der Waals surface area contributed by atoms with Crippen molar-refractivity contribution in [3.05, 3.63) is 47.1 Å². The minimum absolute atomic E-state index is 0.0809. The lowest BCUT2D eigenvalue weighted by molar-refractivity contribution is 0.0697. The third-order valence-electron chi connectivity index (χ3n) is 4.16. The number of piperazine rings is 1. The van der Waals surface area contributed by atoms with Gasteiger partial charge in [-0.1, -0.05) is 11.2 Å². The molecule has 134 valence electrons. The van der Waals surface area contributed by atoms with E-state index in [1.807, 2.05) is 0 Å². The number of amides is 1. The largest absolute Gasteiger partial charge is 0.360 e. The lowest BCUT2D eigenvalue weighted by Gasteiger charge is -2.34. The zero-order valence-electron chi connectivity index (χ0n) is 13.9. The molecule has 1 aliphatic heterocycles. The van der Waals surface area contributed by atoms with Crippen molar-refractivity contribution in [1.82, 2.24) is 14.4 Å². The van der Waals surface area contributed by atoms with Crippen LogP contribution in [-0.2, 0) is 10.0 Å². The van der Waals surface area contributed by atoms with Crippen LogP contribution in [0.1, 0.15) is 21.8 Å². The second kappa shape index (κ2) is 6.57. The number of carbonyl (C=O) groups is 1. The molecule has 0 spiro atoms. The van der Waals surface area contributed by atoms with Crippen LogP contribution >= 0.6 is 0 Å². The first-order chi connectivity index (χ1) is 11.8. The second-order valence-electron chi connectivity index (χ2n) is 5.86. The molecule has 1 aromatic heterocycles.